The zero-order chi connectivity index (χ0) is 15.9. The minimum atomic E-state index is -7.99. The van der Waals surface area contributed by atoms with E-state index in [1.807, 2.05) is 0 Å². The van der Waals surface area contributed by atoms with E-state index < -0.39 is 34.3 Å². The summed E-state index contributed by atoms with van der Waals surface area (Å²) in [6.45, 7) is 0. The minimum absolute atomic E-state index is 1.62. The summed E-state index contributed by atoms with van der Waals surface area (Å²) in [7, 11) is -7.99. The van der Waals surface area contributed by atoms with Crippen LogP contribution in [0.1, 0.15) is 0 Å². The number of hydrogen-bond acceptors (Lipinski definition) is 2. The van der Waals surface area contributed by atoms with Crippen LogP contribution in [-0.4, -0.2) is 23.7 Å². The van der Waals surface area contributed by atoms with Crippen molar-refractivity contribution in [1.82, 2.24) is 0 Å². The fourth-order valence-electron chi connectivity index (χ4n) is 0.603. The Morgan fingerprint density at radius 1 is 0.474 bits per heavy atom. The van der Waals surface area contributed by atoms with Crippen molar-refractivity contribution >= 4 is 10.6 Å². The second kappa shape index (κ2) is 4.76. The van der Waals surface area contributed by atoms with Crippen molar-refractivity contribution in [3.05, 3.63) is 0 Å². The molecule has 15 heteroatoms. The van der Waals surface area contributed by atoms with E-state index in [-0.39, 0.29) is 0 Å². The van der Waals surface area contributed by atoms with Crippen molar-refractivity contribution in [1.29, 1.82) is 0 Å². The molecule has 118 valence electrons. The van der Waals surface area contributed by atoms with E-state index in [0.29, 0.717) is 0 Å². The molecule has 0 amide bonds. The Hall–Kier alpha value is -0.570. The molecule has 0 aromatic rings. The van der Waals surface area contributed by atoms with E-state index in [0.717, 1.165) is 0 Å². The Morgan fingerprint density at radius 3 is 0.789 bits per heavy atom. The molecular weight excluding hydrogens is 340 g/mol. The van der Waals surface area contributed by atoms with E-state index >= 15 is 0 Å². The quantitative estimate of drug-likeness (QED) is 0.677. The summed E-state index contributed by atoms with van der Waals surface area (Å²) in [5.74, 6) is 0. The first kappa shape index (κ1) is 18.4. The summed E-state index contributed by atoms with van der Waals surface area (Å²) < 4.78 is 144. The Bertz CT molecular complexity index is 276. The minimum Gasteiger partial charge on any atom is -0.169 e. The van der Waals surface area contributed by atoms with Crippen molar-refractivity contribution in [2.75, 3.05) is 0 Å². The lowest BCUT2D eigenvalue weighted by atomic mass is 11.4. The van der Waals surface area contributed by atoms with Gasteiger partial charge in [-0.2, -0.15) is 34.7 Å². The fraction of sp³-hybridized carbons (Fsp3) is 1.00. The van der Waals surface area contributed by atoms with Crippen LogP contribution in [-0.2, 0) is 8.37 Å². The molecule has 0 saturated heterocycles. The highest BCUT2D eigenvalue weighted by molar-refractivity contribution is 8.27. The average molecular weight is 340 g/mol. The highest BCUT2D eigenvalue weighted by Crippen LogP contribution is 2.76. The van der Waals surface area contributed by atoms with Crippen molar-refractivity contribution < 1.29 is 61.1 Å². The third kappa shape index (κ3) is 4.79. The van der Waals surface area contributed by atoms with E-state index in [2.05, 4.69) is 0 Å². The van der Waals surface area contributed by atoms with Gasteiger partial charge in [0, 0.05) is 10.6 Å². The van der Waals surface area contributed by atoms with Crippen LogP contribution in [0.15, 0.2) is 0 Å². The maximum absolute atomic E-state index is 12.0. The third-order valence-electron chi connectivity index (χ3n) is 1.03. The van der Waals surface area contributed by atoms with E-state index in [1.165, 1.54) is 0 Å². The number of rotatable bonds is 2. The van der Waals surface area contributed by atoms with E-state index in [4.69, 9.17) is 0 Å². The monoisotopic (exact) mass is 340 g/mol. The van der Waals surface area contributed by atoms with Gasteiger partial charge in [-0.25, -0.2) is 0 Å². The highest BCUT2D eigenvalue weighted by atomic mass is 32.3. The maximum atomic E-state index is 12.0. The standard InChI is InChI=1S/C4F12O2S/c5-1(6,7)17-19(3(11,12)13,4(14,15)16)18-2(8,9)10. The van der Waals surface area contributed by atoms with Crippen LogP contribution in [0.4, 0.5) is 52.7 Å². The van der Waals surface area contributed by atoms with Crippen LogP contribution in [0.2, 0.25) is 0 Å². The largest absolute Gasteiger partial charge is 0.541 e. The first-order valence-electron chi connectivity index (χ1n) is 3.42. The Balaban J connectivity index is 5.91. The van der Waals surface area contributed by atoms with Gasteiger partial charge in [-0.3, -0.25) is 0 Å². The van der Waals surface area contributed by atoms with Gasteiger partial charge < -0.3 is 0 Å². The summed E-state index contributed by atoms with van der Waals surface area (Å²) in [5, 5.41) is 0. The van der Waals surface area contributed by atoms with Crippen molar-refractivity contribution in [3.8, 4) is 0 Å². The molecule has 0 aromatic carbocycles. The molecule has 0 rings (SSSR count). The van der Waals surface area contributed by atoms with Crippen molar-refractivity contribution in [3.63, 3.8) is 0 Å². The molecule has 0 aliphatic carbocycles. The molecule has 0 aliphatic heterocycles. The maximum Gasteiger partial charge on any atom is 0.541 e. The van der Waals surface area contributed by atoms with Gasteiger partial charge in [0.25, 0.3) is 0 Å². The molecule has 0 aliphatic rings. The van der Waals surface area contributed by atoms with Crippen LogP contribution < -0.4 is 0 Å². The first-order chi connectivity index (χ1) is 7.91. The van der Waals surface area contributed by atoms with Gasteiger partial charge in [0.1, 0.15) is 0 Å². The molecule has 19 heavy (non-hydrogen) atoms. The molecule has 0 aromatic heterocycles. The normalized spacial score (nSPS) is 16.6. The van der Waals surface area contributed by atoms with Gasteiger partial charge in [0.05, 0.1) is 0 Å². The molecule has 0 heterocycles. The van der Waals surface area contributed by atoms with Crippen molar-refractivity contribution in [2.45, 2.75) is 23.7 Å². The predicted molar refractivity (Wildman–Crippen MR) is 34.0 cm³/mol. The van der Waals surface area contributed by atoms with Gasteiger partial charge in [-0.05, 0) is 0 Å². The Morgan fingerprint density at radius 2 is 0.684 bits per heavy atom. The SMILES string of the molecule is FC(F)(F)OS(OC(F)(F)F)(C(F)(F)F)C(F)(F)F. The fourth-order valence-corrected chi connectivity index (χ4v) is 1.81. The van der Waals surface area contributed by atoms with E-state index in [1.54, 1.807) is 8.37 Å². The molecule has 2 nitrogen and oxygen atoms in total. The number of hydrogen-bond donors (Lipinski definition) is 0. The lowest BCUT2D eigenvalue weighted by Gasteiger charge is -2.43. The molecule has 0 fully saturated rings. The van der Waals surface area contributed by atoms with E-state index in [9.17, 15) is 52.7 Å². The zero-order valence-corrected chi connectivity index (χ0v) is 8.58. The number of alkyl halides is 12. The summed E-state index contributed by atoms with van der Waals surface area (Å²) in [4.78, 5) is 0. The molecule has 0 spiro atoms. The number of halogens is 12. The molecule has 0 unspecified atom stereocenters. The lowest BCUT2D eigenvalue weighted by Crippen LogP contribution is -2.42. The molecule has 0 N–H and O–H groups in total. The lowest BCUT2D eigenvalue weighted by molar-refractivity contribution is -0.316. The van der Waals surface area contributed by atoms with Crippen LogP contribution in [0.5, 0.6) is 0 Å². The van der Waals surface area contributed by atoms with Crippen molar-refractivity contribution in [2.24, 2.45) is 0 Å². The highest BCUT2D eigenvalue weighted by Gasteiger charge is 2.73. The molecular formula is C4F12O2S. The van der Waals surface area contributed by atoms with Gasteiger partial charge >= 0.3 is 23.7 Å². The van der Waals surface area contributed by atoms with Crippen LogP contribution in [0.25, 0.3) is 0 Å². The second-order valence-electron chi connectivity index (χ2n) is 2.45. The Kier molecular flexibility index (Phi) is 4.62. The molecule has 0 saturated carbocycles. The van der Waals surface area contributed by atoms with Gasteiger partial charge in [0.15, 0.2) is 0 Å². The molecule has 0 atom stereocenters. The van der Waals surface area contributed by atoms with Crippen LogP contribution in [0.3, 0.4) is 0 Å². The Labute approximate surface area is 96.5 Å². The smallest absolute Gasteiger partial charge is 0.169 e. The van der Waals surface area contributed by atoms with Gasteiger partial charge in [-0.1, -0.05) is 0 Å². The topological polar surface area (TPSA) is 18.5 Å². The summed E-state index contributed by atoms with van der Waals surface area (Å²) in [6, 6.07) is 0. The zero-order valence-electron chi connectivity index (χ0n) is 7.76. The third-order valence-corrected chi connectivity index (χ3v) is 3.10. The molecule has 0 bridgehead atoms. The van der Waals surface area contributed by atoms with Crippen LogP contribution in [0, 0.1) is 0 Å². The average Bonchev–Trinajstić information content (AvgIpc) is 1.91. The van der Waals surface area contributed by atoms with Crippen LogP contribution >= 0.6 is 10.6 Å². The summed E-state index contributed by atoms with van der Waals surface area (Å²) >= 11 is 0. The molecule has 0 radical (unpaired) electrons. The first-order valence-corrected chi connectivity index (χ1v) is 4.90. The van der Waals surface area contributed by atoms with Gasteiger partial charge in [0.2, 0.25) is 0 Å². The second-order valence-corrected chi connectivity index (χ2v) is 4.72. The van der Waals surface area contributed by atoms with Gasteiger partial charge in [-0.15, -0.1) is 26.3 Å². The summed E-state index contributed by atoms with van der Waals surface area (Å²) in [6.07, 6.45) is -13.3. The summed E-state index contributed by atoms with van der Waals surface area (Å²) in [5.41, 5.74) is -14.2. The predicted octanol–water partition coefficient (Wildman–Crippen LogP) is 4.73.